The highest BCUT2D eigenvalue weighted by Gasteiger charge is 2.10. The second-order valence-corrected chi connectivity index (χ2v) is 7.67. The van der Waals surface area contributed by atoms with E-state index in [0.29, 0.717) is 10.7 Å². The Morgan fingerprint density at radius 3 is 2.62 bits per heavy atom. The number of carbonyl (C=O) groups excluding carboxylic acids is 1. The molecule has 0 bridgehead atoms. The molecular formula is C18H17N3OS2. The molecule has 24 heavy (non-hydrogen) atoms. The summed E-state index contributed by atoms with van der Waals surface area (Å²) in [4.78, 5) is 12.2. The van der Waals surface area contributed by atoms with E-state index < -0.39 is 0 Å². The highest BCUT2D eigenvalue weighted by Crippen LogP contribution is 2.28. The number of hydrogen-bond donors (Lipinski definition) is 1. The van der Waals surface area contributed by atoms with Crippen molar-refractivity contribution in [1.82, 2.24) is 10.2 Å². The number of aryl methyl sites for hydroxylation is 2. The van der Waals surface area contributed by atoms with Crippen LogP contribution in [0.5, 0.6) is 0 Å². The first-order chi connectivity index (χ1) is 11.6. The topological polar surface area (TPSA) is 54.9 Å². The van der Waals surface area contributed by atoms with Crippen molar-refractivity contribution in [1.29, 1.82) is 0 Å². The Kier molecular flexibility index (Phi) is 5.27. The van der Waals surface area contributed by atoms with Crippen molar-refractivity contribution in [3.8, 4) is 0 Å². The third-order valence-corrected chi connectivity index (χ3v) is 5.43. The fourth-order valence-electron chi connectivity index (χ4n) is 2.14. The van der Waals surface area contributed by atoms with Crippen molar-refractivity contribution < 1.29 is 4.79 Å². The Balaban J connectivity index is 1.59. The van der Waals surface area contributed by atoms with Crippen LogP contribution in [0.25, 0.3) is 0 Å². The van der Waals surface area contributed by atoms with E-state index in [1.165, 1.54) is 22.5 Å². The normalized spacial score (nSPS) is 10.6. The maximum atomic E-state index is 12.2. The lowest BCUT2D eigenvalue weighted by Gasteiger charge is -2.01. The molecule has 0 aliphatic heterocycles. The molecule has 6 heteroatoms. The summed E-state index contributed by atoms with van der Waals surface area (Å²) >= 11 is 3.01. The summed E-state index contributed by atoms with van der Waals surface area (Å²) < 4.78 is 0.843. The van der Waals surface area contributed by atoms with Crippen LogP contribution in [-0.2, 0) is 5.75 Å². The summed E-state index contributed by atoms with van der Waals surface area (Å²) in [7, 11) is 0. The van der Waals surface area contributed by atoms with Gasteiger partial charge < -0.3 is 0 Å². The molecular weight excluding hydrogens is 338 g/mol. The number of amides is 1. The molecule has 1 aromatic heterocycles. The Morgan fingerprint density at radius 1 is 1.08 bits per heavy atom. The summed E-state index contributed by atoms with van der Waals surface area (Å²) in [5.74, 6) is 0.670. The first-order valence-corrected chi connectivity index (χ1v) is 9.30. The Hall–Kier alpha value is -2.18. The lowest BCUT2D eigenvalue weighted by Crippen LogP contribution is -2.11. The molecule has 1 heterocycles. The number of hydrogen-bond acceptors (Lipinski definition) is 5. The zero-order valence-corrected chi connectivity index (χ0v) is 15.1. The summed E-state index contributed by atoms with van der Waals surface area (Å²) in [5, 5.41) is 11.5. The third kappa shape index (κ3) is 4.43. The maximum Gasteiger partial charge on any atom is 0.257 e. The van der Waals surface area contributed by atoms with Crippen molar-refractivity contribution in [2.75, 3.05) is 5.32 Å². The number of anilines is 1. The van der Waals surface area contributed by atoms with Gasteiger partial charge in [0.15, 0.2) is 4.34 Å². The van der Waals surface area contributed by atoms with E-state index in [1.807, 2.05) is 19.1 Å². The smallest absolute Gasteiger partial charge is 0.257 e. The molecule has 0 spiro atoms. The number of carbonyl (C=O) groups is 1. The first-order valence-electron chi connectivity index (χ1n) is 7.50. The van der Waals surface area contributed by atoms with E-state index in [1.54, 1.807) is 23.9 Å². The van der Waals surface area contributed by atoms with Crippen LogP contribution in [0.4, 0.5) is 5.13 Å². The van der Waals surface area contributed by atoms with Crippen LogP contribution in [-0.4, -0.2) is 16.1 Å². The molecule has 3 aromatic rings. The van der Waals surface area contributed by atoms with Crippen LogP contribution in [0.2, 0.25) is 0 Å². The van der Waals surface area contributed by atoms with Gasteiger partial charge >= 0.3 is 0 Å². The highest BCUT2D eigenvalue weighted by atomic mass is 32.2. The minimum Gasteiger partial charge on any atom is -0.296 e. The lowest BCUT2D eigenvalue weighted by molar-refractivity contribution is 0.102. The molecule has 0 unspecified atom stereocenters. The average Bonchev–Trinajstić information content (AvgIpc) is 3.01. The van der Waals surface area contributed by atoms with Gasteiger partial charge in [0.25, 0.3) is 5.91 Å². The molecule has 0 atom stereocenters. The van der Waals surface area contributed by atoms with Crippen molar-refractivity contribution in [2.45, 2.75) is 23.9 Å². The van der Waals surface area contributed by atoms with Crippen LogP contribution in [0.3, 0.4) is 0 Å². The molecule has 1 N–H and O–H groups in total. The zero-order chi connectivity index (χ0) is 16.9. The molecule has 1 amide bonds. The van der Waals surface area contributed by atoms with Crippen molar-refractivity contribution >= 4 is 34.1 Å². The number of aromatic nitrogens is 2. The maximum absolute atomic E-state index is 12.2. The second-order valence-electron chi connectivity index (χ2n) is 5.47. The van der Waals surface area contributed by atoms with E-state index in [-0.39, 0.29) is 5.91 Å². The molecule has 0 aliphatic rings. The van der Waals surface area contributed by atoms with E-state index in [9.17, 15) is 4.79 Å². The van der Waals surface area contributed by atoms with E-state index in [4.69, 9.17) is 0 Å². The van der Waals surface area contributed by atoms with E-state index in [2.05, 4.69) is 46.7 Å². The molecule has 0 fully saturated rings. The highest BCUT2D eigenvalue weighted by molar-refractivity contribution is 8.00. The monoisotopic (exact) mass is 355 g/mol. The number of nitrogens with one attached hydrogen (secondary N) is 1. The van der Waals surface area contributed by atoms with Crippen molar-refractivity contribution in [2.24, 2.45) is 0 Å². The Bertz CT molecular complexity index is 843. The van der Waals surface area contributed by atoms with Crippen LogP contribution >= 0.6 is 23.1 Å². The van der Waals surface area contributed by atoms with Crippen LogP contribution in [0, 0.1) is 13.8 Å². The summed E-state index contributed by atoms with van der Waals surface area (Å²) in [5.41, 5.74) is 4.24. The molecule has 0 saturated heterocycles. The molecule has 0 saturated carbocycles. The molecule has 0 aliphatic carbocycles. The Labute approximate surface area is 149 Å². The number of nitrogens with zero attached hydrogens (tertiary/aromatic N) is 2. The first kappa shape index (κ1) is 16.7. The molecule has 0 radical (unpaired) electrons. The van der Waals surface area contributed by atoms with Gasteiger partial charge in [-0.15, -0.1) is 10.2 Å². The lowest BCUT2D eigenvalue weighted by atomic mass is 10.1. The SMILES string of the molecule is Cc1ccc(C(=O)Nc2nnc(SCc3cccc(C)c3)s2)cc1. The van der Waals surface area contributed by atoms with E-state index in [0.717, 1.165) is 15.7 Å². The van der Waals surface area contributed by atoms with Gasteiger partial charge in [0.05, 0.1) is 0 Å². The van der Waals surface area contributed by atoms with Gasteiger partial charge in [0.2, 0.25) is 5.13 Å². The number of benzene rings is 2. The minimum absolute atomic E-state index is 0.165. The summed E-state index contributed by atoms with van der Waals surface area (Å²) in [6, 6.07) is 15.8. The van der Waals surface area contributed by atoms with Gasteiger partial charge in [-0.1, -0.05) is 70.6 Å². The van der Waals surface area contributed by atoms with Gasteiger partial charge in [-0.3, -0.25) is 10.1 Å². The van der Waals surface area contributed by atoms with Gasteiger partial charge in [0, 0.05) is 11.3 Å². The predicted molar refractivity (Wildman–Crippen MR) is 99.8 cm³/mol. The van der Waals surface area contributed by atoms with Gasteiger partial charge in [0.1, 0.15) is 0 Å². The Morgan fingerprint density at radius 2 is 1.88 bits per heavy atom. The standard InChI is InChI=1S/C18H17N3OS2/c1-12-6-8-15(9-7-12)16(22)19-17-20-21-18(24-17)23-11-14-5-3-4-13(2)10-14/h3-10H,11H2,1-2H3,(H,19,20,22). The minimum atomic E-state index is -0.165. The van der Waals surface area contributed by atoms with Gasteiger partial charge in [-0.2, -0.15) is 0 Å². The van der Waals surface area contributed by atoms with Crippen molar-refractivity contribution in [3.05, 3.63) is 70.8 Å². The number of rotatable bonds is 5. The fraction of sp³-hybridized carbons (Fsp3) is 0.167. The number of thioether (sulfide) groups is 1. The third-order valence-electron chi connectivity index (χ3n) is 3.39. The zero-order valence-electron chi connectivity index (χ0n) is 13.4. The molecule has 3 rings (SSSR count). The fourth-order valence-corrected chi connectivity index (χ4v) is 3.83. The van der Waals surface area contributed by atoms with Crippen LogP contribution < -0.4 is 5.32 Å². The van der Waals surface area contributed by atoms with Crippen LogP contribution in [0.1, 0.15) is 27.0 Å². The molecule has 4 nitrogen and oxygen atoms in total. The van der Waals surface area contributed by atoms with Gasteiger partial charge in [-0.25, -0.2) is 0 Å². The molecule has 122 valence electrons. The quantitative estimate of drug-likeness (QED) is 0.532. The molecule has 2 aromatic carbocycles. The van der Waals surface area contributed by atoms with Crippen molar-refractivity contribution in [3.63, 3.8) is 0 Å². The van der Waals surface area contributed by atoms with Gasteiger partial charge in [-0.05, 0) is 31.5 Å². The van der Waals surface area contributed by atoms with Crippen LogP contribution in [0.15, 0.2) is 52.9 Å². The largest absolute Gasteiger partial charge is 0.296 e. The summed E-state index contributed by atoms with van der Waals surface area (Å²) in [6.45, 7) is 4.07. The summed E-state index contributed by atoms with van der Waals surface area (Å²) in [6.07, 6.45) is 0. The predicted octanol–water partition coefficient (Wildman–Crippen LogP) is 4.70. The second kappa shape index (κ2) is 7.59. The van der Waals surface area contributed by atoms with E-state index >= 15 is 0 Å². The average molecular weight is 355 g/mol.